The summed E-state index contributed by atoms with van der Waals surface area (Å²) in [6, 6.07) is 4.32. The molecule has 19 heavy (non-hydrogen) atoms. The summed E-state index contributed by atoms with van der Waals surface area (Å²) in [5.74, 6) is 1.37. The standard InChI is InChI=1S/C15H18FNOS/c16-14-6-5-11(19)7-12(14)15(18)17-8-13(9-1-2-9)10-3-4-10/h5-7,9-10,13,19H,1-4,8H2,(H,17,18). The van der Waals surface area contributed by atoms with E-state index in [1.165, 1.54) is 37.8 Å². The van der Waals surface area contributed by atoms with Crippen LogP contribution < -0.4 is 5.32 Å². The molecule has 0 aliphatic heterocycles. The van der Waals surface area contributed by atoms with Crippen LogP contribution in [0.15, 0.2) is 23.1 Å². The van der Waals surface area contributed by atoms with Crippen LogP contribution in [0.4, 0.5) is 4.39 Å². The smallest absolute Gasteiger partial charge is 0.254 e. The van der Waals surface area contributed by atoms with Crippen LogP contribution in [0.3, 0.4) is 0 Å². The maximum Gasteiger partial charge on any atom is 0.254 e. The average molecular weight is 279 g/mol. The number of amides is 1. The number of hydrogen-bond acceptors (Lipinski definition) is 2. The molecule has 0 aromatic heterocycles. The van der Waals surface area contributed by atoms with Crippen molar-refractivity contribution in [1.82, 2.24) is 5.32 Å². The molecule has 2 aliphatic carbocycles. The van der Waals surface area contributed by atoms with Crippen molar-refractivity contribution in [1.29, 1.82) is 0 Å². The Kier molecular flexibility index (Phi) is 3.52. The molecule has 0 bridgehead atoms. The lowest BCUT2D eigenvalue weighted by molar-refractivity contribution is 0.0939. The second-order valence-electron chi connectivity index (χ2n) is 5.71. The zero-order chi connectivity index (χ0) is 13.4. The maximum absolute atomic E-state index is 13.6. The fourth-order valence-electron chi connectivity index (χ4n) is 2.76. The van der Waals surface area contributed by atoms with Gasteiger partial charge in [-0.05, 0) is 61.6 Å². The van der Waals surface area contributed by atoms with Gasteiger partial charge in [0.2, 0.25) is 0 Å². The molecule has 0 radical (unpaired) electrons. The number of thiol groups is 1. The molecule has 102 valence electrons. The molecule has 1 N–H and O–H groups in total. The molecule has 2 fully saturated rings. The monoisotopic (exact) mass is 279 g/mol. The molecule has 1 aromatic rings. The summed E-state index contributed by atoms with van der Waals surface area (Å²) in [5, 5.41) is 2.90. The Morgan fingerprint density at radius 3 is 2.53 bits per heavy atom. The third kappa shape index (κ3) is 3.11. The van der Waals surface area contributed by atoms with Crippen molar-refractivity contribution in [2.75, 3.05) is 6.54 Å². The van der Waals surface area contributed by atoms with E-state index in [9.17, 15) is 9.18 Å². The van der Waals surface area contributed by atoms with Crippen molar-refractivity contribution in [2.45, 2.75) is 30.6 Å². The lowest BCUT2D eigenvalue weighted by Crippen LogP contribution is -2.31. The van der Waals surface area contributed by atoms with Crippen LogP contribution >= 0.6 is 12.6 Å². The first-order valence-corrected chi connectivity index (χ1v) is 7.36. The molecule has 2 saturated carbocycles. The predicted molar refractivity (Wildman–Crippen MR) is 74.9 cm³/mol. The van der Waals surface area contributed by atoms with Crippen molar-refractivity contribution >= 4 is 18.5 Å². The van der Waals surface area contributed by atoms with E-state index < -0.39 is 5.82 Å². The van der Waals surface area contributed by atoms with Gasteiger partial charge < -0.3 is 5.32 Å². The molecule has 1 aromatic carbocycles. The normalized spacial score (nSPS) is 18.7. The summed E-state index contributed by atoms with van der Waals surface area (Å²) in [7, 11) is 0. The highest BCUT2D eigenvalue weighted by atomic mass is 32.1. The molecular weight excluding hydrogens is 261 g/mol. The van der Waals surface area contributed by atoms with E-state index in [0.29, 0.717) is 17.4 Å². The molecule has 4 heteroatoms. The molecule has 0 heterocycles. The minimum Gasteiger partial charge on any atom is -0.352 e. The van der Waals surface area contributed by atoms with Crippen LogP contribution in [-0.2, 0) is 0 Å². The van der Waals surface area contributed by atoms with E-state index in [-0.39, 0.29) is 11.5 Å². The lowest BCUT2D eigenvalue weighted by atomic mass is 9.98. The minimum atomic E-state index is -0.482. The van der Waals surface area contributed by atoms with Crippen molar-refractivity contribution in [3.8, 4) is 0 Å². The Morgan fingerprint density at radius 1 is 1.32 bits per heavy atom. The number of nitrogens with one attached hydrogen (secondary N) is 1. The second kappa shape index (κ2) is 5.16. The molecule has 0 atom stereocenters. The lowest BCUT2D eigenvalue weighted by Gasteiger charge is -2.16. The Balaban J connectivity index is 1.62. The van der Waals surface area contributed by atoms with Crippen LogP contribution in [0, 0.1) is 23.6 Å². The molecule has 0 spiro atoms. The van der Waals surface area contributed by atoms with Gasteiger partial charge in [0.15, 0.2) is 0 Å². The number of halogens is 1. The number of rotatable bonds is 5. The van der Waals surface area contributed by atoms with Gasteiger partial charge in [0, 0.05) is 11.4 Å². The van der Waals surface area contributed by atoms with Gasteiger partial charge in [-0.25, -0.2) is 4.39 Å². The summed E-state index contributed by atoms with van der Waals surface area (Å²) in [6.45, 7) is 0.685. The van der Waals surface area contributed by atoms with Crippen LogP contribution in [0.1, 0.15) is 36.0 Å². The Hall–Kier alpha value is -1.03. The predicted octanol–water partition coefficient (Wildman–Crippen LogP) is 3.28. The number of carbonyl (C=O) groups excluding carboxylic acids is 1. The van der Waals surface area contributed by atoms with Crippen molar-refractivity contribution < 1.29 is 9.18 Å². The fraction of sp³-hybridized carbons (Fsp3) is 0.533. The van der Waals surface area contributed by atoms with Crippen LogP contribution in [-0.4, -0.2) is 12.5 Å². The largest absolute Gasteiger partial charge is 0.352 e. The van der Waals surface area contributed by atoms with E-state index in [0.717, 1.165) is 11.8 Å². The first-order chi connectivity index (χ1) is 9.15. The van der Waals surface area contributed by atoms with Crippen LogP contribution in [0.2, 0.25) is 0 Å². The first kappa shape index (κ1) is 13.0. The van der Waals surface area contributed by atoms with Crippen molar-refractivity contribution in [2.24, 2.45) is 17.8 Å². The molecule has 2 nitrogen and oxygen atoms in total. The summed E-state index contributed by atoms with van der Waals surface area (Å²) >= 11 is 4.14. The molecule has 2 aliphatic rings. The highest BCUT2D eigenvalue weighted by Crippen LogP contribution is 2.48. The summed E-state index contributed by atoms with van der Waals surface area (Å²) < 4.78 is 13.6. The highest BCUT2D eigenvalue weighted by Gasteiger charge is 2.41. The number of carbonyl (C=O) groups is 1. The van der Waals surface area contributed by atoms with Crippen LogP contribution in [0.5, 0.6) is 0 Å². The first-order valence-electron chi connectivity index (χ1n) is 6.92. The van der Waals surface area contributed by atoms with Gasteiger partial charge in [0.1, 0.15) is 5.82 Å². The Labute approximate surface area is 118 Å². The van der Waals surface area contributed by atoms with E-state index in [1.54, 1.807) is 6.07 Å². The molecule has 3 rings (SSSR count). The van der Waals surface area contributed by atoms with Crippen molar-refractivity contribution in [3.63, 3.8) is 0 Å². The van der Waals surface area contributed by atoms with Gasteiger partial charge in [-0.3, -0.25) is 4.79 Å². The van der Waals surface area contributed by atoms with E-state index >= 15 is 0 Å². The summed E-state index contributed by atoms with van der Waals surface area (Å²) in [6.07, 6.45) is 5.16. The zero-order valence-electron chi connectivity index (χ0n) is 10.7. The van der Waals surface area contributed by atoms with Gasteiger partial charge in [0.25, 0.3) is 5.91 Å². The third-order valence-corrected chi connectivity index (χ3v) is 4.43. The average Bonchev–Trinajstić information content (AvgIpc) is 3.25. The molecule has 1 amide bonds. The van der Waals surface area contributed by atoms with Gasteiger partial charge >= 0.3 is 0 Å². The topological polar surface area (TPSA) is 29.1 Å². The fourth-order valence-corrected chi connectivity index (χ4v) is 2.96. The molecule has 0 saturated heterocycles. The van der Waals surface area contributed by atoms with Gasteiger partial charge in [-0.15, -0.1) is 12.6 Å². The molecular formula is C15H18FNOS. The van der Waals surface area contributed by atoms with E-state index in [1.807, 2.05) is 0 Å². The summed E-state index contributed by atoms with van der Waals surface area (Å²) in [5.41, 5.74) is 0.0952. The number of benzene rings is 1. The van der Waals surface area contributed by atoms with Gasteiger partial charge in [-0.2, -0.15) is 0 Å². The van der Waals surface area contributed by atoms with Gasteiger partial charge in [0.05, 0.1) is 5.56 Å². The minimum absolute atomic E-state index is 0.0952. The quantitative estimate of drug-likeness (QED) is 0.796. The van der Waals surface area contributed by atoms with Gasteiger partial charge in [-0.1, -0.05) is 0 Å². The zero-order valence-corrected chi connectivity index (χ0v) is 11.6. The van der Waals surface area contributed by atoms with E-state index in [4.69, 9.17) is 0 Å². The number of hydrogen-bond donors (Lipinski definition) is 2. The van der Waals surface area contributed by atoms with Crippen molar-refractivity contribution in [3.05, 3.63) is 29.6 Å². The maximum atomic E-state index is 13.6. The Bertz CT molecular complexity index is 485. The summed E-state index contributed by atoms with van der Waals surface area (Å²) in [4.78, 5) is 12.6. The second-order valence-corrected chi connectivity index (χ2v) is 6.23. The third-order valence-electron chi connectivity index (χ3n) is 4.15. The SMILES string of the molecule is O=C(NCC(C1CC1)C1CC1)c1cc(S)ccc1F. The molecule has 0 unspecified atom stereocenters. The van der Waals surface area contributed by atoms with E-state index in [2.05, 4.69) is 17.9 Å². The highest BCUT2D eigenvalue weighted by molar-refractivity contribution is 7.80. The Morgan fingerprint density at radius 2 is 1.95 bits per heavy atom. The van der Waals surface area contributed by atoms with Crippen LogP contribution in [0.25, 0.3) is 0 Å².